The van der Waals surface area contributed by atoms with Gasteiger partial charge in [0.2, 0.25) is 0 Å². The minimum atomic E-state index is -0.552. The van der Waals surface area contributed by atoms with Crippen molar-refractivity contribution in [2.75, 3.05) is 6.61 Å². The molecule has 0 aromatic carbocycles. The summed E-state index contributed by atoms with van der Waals surface area (Å²) in [6.07, 6.45) is 0.734. The number of hydrogen-bond donors (Lipinski definition) is 1. The maximum atomic E-state index is 11.5. The Morgan fingerprint density at radius 1 is 1.50 bits per heavy atom. The molecule has 0 aliphatic carbocycles. The van der Waals surface area contributed by atoms with Crippen LogP contribution in [0.2, 0.25) is 0 Å². The van der Waals surface area contributed by atoms with Crippen molar-refractivity contribution >= 4 is 15.9 Å². The van der Waals surface area contributed by atoms with Crippen molar-refractivity contribution in [1.82, 2.24) is 9.71 Å². The maximum absolute atomic E-state index is 11.5. The predicted molar refractivity (Wildman–Crippen MR) is 55.5 cm³/mol. The Hall–Kier alpha value is -1.04. The number of rotatable bonds is 3. The number of H-pyrrole nitrogens is 1. The minimum Gasteiger partial charge on any atom is -0.406 e. The Morgan fingerprint density at radius 2 is 2.14 bits per heavy atom. The van der Waals surface area contributed by atoms with Gasteiger partial charge in [-0.1, -0.05) is 11.7 Å². The summed E-state index contributed by atoms with van der Waals surface area (Å²) in [5.74, 6) is 0. The van der Waals surface area contributed by atoms with Gasteiger partial charge in [0.05, 0.1) is 0 Å². The van der Waals surface area contributed by atoms with Crippen molar-refractivity contribution in [2.24, 2.45) is 0 Å². The van der Waals surface area contributed by atoms with Gasteiger partial charge in [0.1, 0.15) is 11.1 Å². The largest absolute Gasteiger partial charge is 0.406 e. The fourth-order valence-corrected chi connectivity index (χ4v) is 1.17. The molecule has 0 saturated heterocycles. The van der Waals surface area contributed by atoms with Gasteiger partial charge in [-0.3, -0.25) is 4.79 Å². The van der Waals surface area contributed by atoms with Crippen LogP contribution in [0.25, 0.3) is 0 Å². The van der Waals surface area contributed by atoms with Gasteiger partial charge < -0.3 is 9.82 Å². The van der Waals surface area contributed by atoms with E-state index in [-0.39, 0.29) is 0 Å². The minimum absolute atomic E-state index is 0.313. The van der Waals surface area contributed by atoms with Crippen LogP contribution >= 0.6 is 15.9 Å². The van der Waals surface area contributed by atoms with E-state index < -0.39 is 11.2 Å². The van der Waals surface area contributed by atoms with Crippen LogP contribution in [0.15, 0.2) is 14.1 Å². The van der Waals surface area contributed by atoms with Crippen LogP contribution in [-0.4, -0.2) is 16.3 Å². The van der Waals surface area contributed by atoms with E-state index in [9.17, 15) is 9.59 Å². The molecule has 0 unspecified atom stereocenters. The van der Waals surface area contributed by atoms with Gasteiger partial charge in [-0.05, 0) is 29.3 Å². The molecule has 1 rings (SSSR count). The van der Waals surface area contributed by atoms with Crippen LogP contribution in [0.4, 0.5) is 0 Å². The number of nitrogens with zero attached hydrogens (tertiary/aromatic N) is 1. The molecule has 1 aromatic heterocycles. The number of halogens is 1. The molecule has 1 aromatic rings. The summed E-state index contributed by atoms with van der Waals surface area (Å²) in [4.78, 5) is 30.2. The number of aromatic nitrogens is 2. The van der Waals surface area contributed by atoms with Crippen molar-refractivity contribution in [3.63, 3.8) is 0 Å². The zero-order valence-electron chi connectivity index (χ0n) is 7.96. The van der Waals surface area contributed by atoms with Gasteiger partial charge in [-0.25, -0.2) is 4.79 Å². The lowest BCUT2D eigenvalue weighted by atomic mass is 10.4. The second kappa shape index (κ2) is 4.45. The number of aryl methyl sites for hydroxylation is 1. The highest BCUT2D eigenvalue weighted by Crippen LogP contribution is 2.03. The third-order valence-corrected chi connectivity index (χ3v) is 2.54. The predicted octanol–water partition coefficient (Wildman–Crippen LogP) is 0.446. The maximum Gasteiger partial charge on any atom is 0.362 e. The highest BCUT2D eigenvalue weighted by molar-refractivity contribution is 9.10. The first kappa shape index (κ1) is 11.0. The van der Waals surface area contributed by atoms with Crippen molar-refractivity contribution in [3.8, 4) is 0 Å². The van der Waals surface area contributed by atoms with E-state index in [1.165, 1.54) is 0 Å². The van der Waals surface area contributed by atoms with Crippen molar-refractivity contribution in [1.29, 1.82) is 0 Å². The summed E-state index contributed by atoms with van der Waals surface area (Å²) in [5, 5.41) is 0. The van der Waals surface area contributed by atoms with E-state index in [1.807, 2.05) is 6.92 Å². The monoisotopic (exact) mass is 262 g/mol. The van der Waals surface area contributed by atoms with E-state index in [2.05, 4.69) is 20.9 Å². The fourth-order valence-electron chi connectivity index (χ4n) is 0.908. The van der Waals surface area contributed by atoms with E-state index in [0.29, 0.717) is 16.8 Å². The Labute approximate surface area is 88.8 Å². The molecule has 0 aliphatic rings. The molecule has 0 atom stereocenters. The SMILES string of the molecule is CCCOn1c(=O)[nH]c(C)c(Br)c1=O. The van der Waals surface area contributed by atoms with Crippen molar-refractivity contribution in [3.05, 3.63) is 31.0 Å². The molecule has 78 valence electrons. The first-order valence-electron chi connectivity index (χ1n) is 4.22. The first-order chi connectivity index (χ1) is 6.57. The van der Waals surface area contributed by atoms with Gasteiger partial charge in [-0.2, -0.15) is 0 Å². The van der Waals surface area contributed by atoms with Crippen molar-refractivity contribution < 1.29 is 4.84 Å². The van der Waals surface area contributed by atoms with E-state index in [0.717, 1.165) is 11.2 Å². The molecular formula is C8H11BrN2O3. The smallest absolute Gasteiger partial charge is 0.362 e. The summed E-state index contributed by atoms with van der Waals surface area (Å²) in [5.41, 5.74) is -0.528. The zero-order chi connectivity index (χ0) is 10.7. The highest BCUT2D eigenvalue weighted by Gasteiger charge is 2.08. The molecule has 0 spiro atoms. The Morgan fingerprint density at radius 3 is 2.71 bits per heavy atom. The summed E-state index contributed by atoms with van der Waals surface area (Å²) in [7, 11) is 0. The average molecular weight is 263 g/mol. The van der Waals surface area contributed by atoms with Gasteiger partial charge in [0, 0.05) is 5.69 Å². The lowest BCUT2D eigenvalue weighted by molar-refractivity contribution is 0.0910. The molecule has 14 heavy (non-hydrogen) atoms. The van der Waals surface area contributed by atoms with Crippen molar-refractivity contribution in [2.45, 2.75) is 20.3 Å². The Bertz CT molecular complexity index is 435. The van der Waals surface area contributed by atoms with Crippen LogP contribution in [0.1, 0.15) is 19.0 Å². The molecular weight excluding hydrogens is 252 g/mol. The average Bonchev–Trinajstić information content (AvgIpc) is 2.14. The molecule has 0 fully saturated rings. The summed E-state index contributed by atoms with van der Waals surface area (Å²) < 4.78 is 1.04. The van der Waals surface area contributed by atoms with Crippen LogP contribution in [0.5, 0.6) is 0 Å². The highest BCUT2D eigenvalue weighted by atomic mass is 79.9. The lowest BCUT2D eigenvalue weighted by Crippen LogP contribution is -2.41. The second-order valence-corrected chi connectivity index (χ2v) is 3.59. The van der Waals surface area contributed by atoms with Gasteiger partial charge in [0.25, 0.3) is 0 Å². The van der Waals surface area contributed by atoms with E-state index >= 15 is 0 Å². The quantitative estimate of drug-likeness (QED) is 0.860. The van der Waals surface area contributed by atoms with E-state index in [1.54, 1.807) is 6.92 Å². The molecule has 0 aliphatic heterocycles. The zero-order valence-corrected chi connectivity index (χ0v) is 9.55. The Kier molecular flexibility index (Phi) is 3.51. The number of hydrogen-bond acceptors (Lipinski definition) is 3. The van der Waals surface area contributed by atoms with Gasteiger partial charge in [-0.15, -0.1) is 0 Å². The lowest BCUT2D eigenvalue weighted by Gasteiger charge is -2.06. The van der Waals surface area contributed by atoms with E-state index in [4.69, 9.17) is 4.84 Å². The first-order valence-corrected chi connectivity index (χ1v) is 5.02. The Balaban J connectivity index is 3.23. The third-order valence-electron chi connectivity index (χ3n) is 1.60. The third kappa shape index (κ3) is 2.06. The van der Waals surface area contributed by atoms with Gasteiger partial charge in [0.15, 0.2) is 0 Å². The molecule has 1 heterocycles. The second-order valence-electron chi connectivity index (χ2n) is 2.80. The summed E-state index contributed by atoms with van der Waals surface area (Å²) in [6, 6.07) is 0. The molecule has 0 saturated carbocycles. The topological polar surface area (TPSA) is 64.1 Å². The molecule has 5 nitrogen and oxygen atoms in total. The fraction of sp³-hybridized carbons (Fsp3) is 0.500. The molecule has 6 heteroatoms. The summed E-state index contributed by atoms with van der Waals surface area (Å²) >= 11 is 3.07. The number of aromatic amines is 1. The standard InChI is InChI=1S/C8H11BrN2O3/c1-3-4-14-11-7(12)6(9)5(2)10-8(11)13/h3-4H2,1-2H3,(H,10,13). The van der Waals surface area contributed by atoms with Crippen LogP contribution in [0.3, 0.4) is 0 Å². The number of nitrogens with one attached hydrogen (secondary N) is 1. The normalized spacial score (nSPS) is 10.2. The van der Waals surface area contributed by atoms with Crippen LogP contribution < -0.4 is 16.1 Å². The molecule has 0 radical (unpaired) electrons. The summed E-state index contributed by atoms with van der Waals surface area (Å²) in [6.45, 7) is 3.86. The van der Waals surface area contributed by atoms with Gasteiger partial charge >= 0.3 is 11.2 Å². The van der Waals surface area contributed by atoms with Crippen LogP contribution in [-0.2, 0) is 0 Å². The molecule has 0 bridgehead atoms. The van der Waals surface area contributed by atoms with Crippen LogP contribution in [0, 0.1) is 6.92 Å². The molecule has 1 N–H and O–H groups in total. The molecule has 0 amide bonds.